The lowest BCUT2D eigenvalue weighted by Gasteiger charge is -2.32. The van der Waals surface area contributed by atoms with Gasteiger partial charge in [-0.25, -0.2) is 0 Å². The van der Waals surface area contributed by atoms with Crippen LogP contribution in [0.25, 0.3) is 21.5 Å². The molecule has 5 rings (SSSR count). The van der Waals surface area contributed by atoms with Gasteiger partial charge in [-0.2, -0.15) is 0 Å². The van der Waals surface area contributed by atoms with Crippen molar-refractivity contribution in [3.8, 4) is 0 Å². The van der Waals surface area contributed by atoms with E-state index >= 15 is 0 Å². The standard InChI is InChI=1S/C25H21NOS/c1-16-20-9-5-3-7-18(20)11-13-22(16)25(15-27-24(28)26-25)23-14-12-19-8-4-6-10-21(19)17(23)2/h3-14H,15H2,1-2H3,(H,26,28). The molecule has 4 aromatic rings. The topological polar surface area (TPSA) is 21.3 Å². The maximum atomic E-state index is 5.83. The van der Waals surface area contributed by atoms with E-state index in [2.05, 4.69) is 92.0 Å². The molecule has 3 heteroatoms. The van der Waals surface area contributed by atoms with Crippen molar-refractivity contribution in [2.24, 2.45) is 0 Å². The van der Waals surface area contributed by atoms with Crippen LogP contribution < -0.4 is 5.32 Å². The Bertz CT molecular complexity index is 1160. The summed E-state index contributed by atoms with van der Waals surface area (Å²) in [6.45, 7) is 4.88. The SMILES string of the molecule is Cc1c(C2(c3ccc4ccccc4c3C)COC(=S)N2)ccc2ccccc12. The molecule has 0 spiro atoms. The summed E-state index contributed by atoms with van der Waals surface area (Å²) in [5.41, 5.74) is 4.45. The fourth-order valence-corrected chi connectivity index (χ4v) is 4.87. The molecule has 1 aliphatic rings. The van der Waals surface area contributed by atoms with Crippen molar-refractivity contribution >= 4 is 38.9 Å². The average molecular weight is 384 g/mol. The van der Waals surface area contributed by atoms with Gasteiger partial charge in [0.25, 0.3) is 5.17 Å². The smallest absolute Gasteiger partial charge is 0.257 e. The molecule has 0 amide bonds. The van der Waals surface area contributed by atoms with Crippen LogP contribution in [0.1, 0.15) is 22.3 Å². The molecule has 0 aliphatic carbocycles. The van der Waals surface area contributed by atoms with Crippen LogP contribution in [-0.2, 0) is 10.3 Å². The second-order valence-electron chi connectivity index (χ2n) is 7.52. The minimum absolute atomic E-state index is 0.458. The highest BCUT2D eigenvalue weighted by Gasteiger charge is 2.43. The lowest BCUT2D eigenvalue weighted by Crippen LogP contribution is -2.42. The molecule has 0 radical (unpaired) electrons. The van der Waals surface area contributed by atoms with Crippen LogP contribution in [0.15, 0.2) is 72.8 Å². The Morgan fingerprint density at radius 2 is 1.25 bits per heavy atom. The minimum Gasteiger partial charge on any atom is -0.468 e. The predicted octanol–water partition coefficient (Wildman–Crippen LogP) is 5.76. The Kier molecular flexibility index (Phi) is 3.88. The first-order valence-corrected chi connectivity index (χ1v) is 9.93. The maximum Gasteiger partial charge on any atom is 0.257 e. The molecule has 28 heavy (non-hydrogen) atoms. The van der Waals surface area contributed by atoms with Crippen molar-refractivity contribution < 1.29 is 4.74 Å². The van der Waals surface area contributed by atoms with E-state index in [-0.39, 0.29) is 0 Å². The molecular weight excluding hydrogens is 362 g/mol. The molecule has 0 atom stereocenters. The van der Waals surface area contributed by atoms with E-state index in [0.29, 0.717) is 11.8 Å². The van der Waals surface area contributed by atoms with Crippen LogP contribution in [0.3, 0.4) is 0 Å². The highest BCUT2D eigenvalue weighted by Crippen LogP contribution is 2.40. The predicted molar refractivity (Wildman–Crippen MR) is 120 cm³/mol. The van der Waals surface area contributed by atoms with Gasteiger partial charge in [0, 0.05) is 0 Å². The van der Waals surface area contributed by atoms with Crippen molar-refractivity contribution in [1.29, 1.82) is 0 Å². The molecule has 0 bridgehead atoms. The molecule has 1 N–H and O–H groups in total. The molecule has 0 unspecified atom stereocenters. The lowest BCUT2D eigenvalue weighted by molar-refractivity contribution is 0.294. The fraction of sp³-hybridized carbons (Fsp3) is 0.160. The van der Waals surface area contributed by atoms with Gasteiger partial charge in [0.1, 0.15) is 12.1 Å². The average Bonchev–Trinajstić information content (AvgIpc) is 3.11. The second-order valence-corrected chi connectivity index (χ2v) is 7.90. The summed E-state index contributed by atoms with van der Waals surface area (Å²) in [6.07, 6.45) is 0. The van der Waals surface area contributed by atoms with Gasteiger partial charge in [-0.05, 0) is 69.9 Å². The van der Waals surface area contributed by atoms with Crippen LogP contribution >= 0.6 is 12.2 Å². The molecule has 0 saturated carbocycles. The number of nitrogens with one attached hydrogen (secondary N) is 1. The molecule has 0 aromatic heterocycles. The number of rotatable bonds is 2. The van der Waals surface area contributed by atoms with Crippen molar-refractivity contribution in [3.05, 3.63) is 95.1 Å². The Morgan fingerprint density at radius 3 is 1.71 bits per heavy atom. The molecule has 1 aliphatic heterocycles. The number of hydrogen-bond donors (Lipinski definition) is 1. The molecule has 1 saturated heterocycles. The van der Waals surface area contributed by atoms with Gasteiger partial charge in [-0.1, -0.05) is 72.8 Å². The summed E-state index contributed by atoms with van der Waals surface area (Å²) in [6, 6.07) is 25.9. The summed E-state index contributed by atoms with van der Waals surface area (Å²) in [4.78, 5) is 0. The van der Waals surface area contributed by atoms with Crippen molar-refractivity contribution in [3.63, 3.8) is 0 Å². The van der Waals surface area contributed by atoms with Crippen molar-refractivity contribution in [2.45, 2.75) is 19.4 Å². The molecule has 1 heterocycles. The highest BCUT2D eigenvalue weighted by molar-refractivity contribution is 7.80. The van der Waals surface area contributed by atoms with Crippen LogP contribution in [0, 0.1) is 13.8 Å². The first kappa shape index (κ1) is 17.2. The van der Waals surface area contributed by atoms with Crippen molar-refractivity contribution in [1.82, 2.24) is 5.32 Å². The maximum absolute atomic E-state index is 5.83. The summed E-state index contributed by atoms with van der Waals surface area (Å²) >= 11 is 5.41. The van der Waals surface area contributed by atoms with E-state index in [1.54, 1.807) is 0 Å². The zero-order valence-electron chi connectivity index (χ0n) is 16.0. The number of aryl methyl sites for hydroxylation is 2. The summed E-state index contributed by atoms with van der Waals surface area (Å²) in [7, 11) is 0. The Morgan fingerprint density at radius 1 is 0.750 bits per heavy atom. The van der Waals surface area contributed by atoms with E-state index < -0.39 is 5.54 Å². The van der Waals surface area contributed by atoms with Crippen LogP contribution in [-0.4, -0.2) is 11.8 Å². The monoisotopic (exact) mass is 383 g/mol. The second kappa shape index (κ2) is 6.32. The highest BCUT2D eigenvalue weighted by atomic mass is 32.1. The number of fused-ring (bicyclic) bond motifs is 2. The first-order chi connectivity index (χ1) is 13.6. The first-order valence-electron chi connectivity index (χ1n) is 9.53. The molecule has 138 valence electrons. The summed E-state index contributed by atoms with van der Waals surface area (Å²) in [5.74, 6) is 0. The normalized spacial score (nSPS) is 15.6. The Balaban J connectivity index is 1.82. The third-order valence-corrected chi connectivity index (χ3v) is 6.27. The van der Waals surface area contributed by atoms with E-state index in [4.69, 9.17) is 17.0 Å². The van der Waals surface area contributed by atoms with Gasteiger partial charge in [0.05, 0.1) is 0 Å². The molecule has 1 fully saturated rings. The van der Waals surface area contributed by atoms with Crippen LogP contribution in [0.4, 0.5) is 0 Å². The molecule has 4 aromatic carbocycles. The van der Waals surface area contributed by atoms with E-state index in [0.717, 1.165) is 0 Å². The third-order valence-electron chi connectivity index (χ3n) is 6.05. The van der Waals surface area contributed by atoms with Gasteiger partial charge >= 0.3 is 0 Å². The lowest BCUT2D eigenvalue weighted by atomic mass is 9.77. The van der Waals surface area contributed by atoms with E-state index in [1.807, 2.05) is 0 Å². The minimum atomic E-state index is -0.487. The zero-order chi connectivity index (χ0) is 19.3. The van der Waals surface area contributed by atoms with Gasteiger partial charge < -0.3 is 10.1 Å². The fourth-order valence-electron chi connectivity index (χ4n) is 4.63. The zero-order valence-corrected chi connectivity index (χ0v) is 16.8. The van der Waals surface area contributed by atoms with Crippen molar-refractivity contribution in [2.75, 3.05) is 6.61 Å². The van der Waals surface area contributed by atoms with Crippen LogP contribution in [0.2, 0.25) is 0 Å². The van der Waals surface area contributed by atoms with Gasteiger partial charge in [0.2, 0.25) is 0 Å². The van der Waals surface area contributed by atoms with E-state index in [1.165, 1.54) is 43.8 Å². The van der Waals surface area contributed by atoms with Gasteiger partial charge in [-0.15, -0.1) is 0 Å². The largest absolute Gasteiger partial charge is 0.468 e. The van der Waals surface area contributed by atoms with E-state index in [9.17, 15) is 0 Å². The quantitative estimate of drug-likeness (QED) is 0.445. The third kappa shape index (κ3) is 2.43. The summed E-state index contributed by atoms with van der Waals surface area (Å²) in [5, 5.41) is 8.99. The number of benzene rings is 4. The number of thiocarbonyl (C=S) groups is 1. The number of hydrogen-bond acceptors (Lipinski definition) is 2. The molecular formula is C25H21NOS. The van der Waals surface area contributed by atoms with Crippen LogP contribution in [0.5, 0.6) is 0 Å². The molecule has 2 nitrogen and oxygen atoms in total. The Hall–Kier alpha value is -2.91. The Labute approximate surface area is 170 Å². The number of ether oxygens (including phenoxy) is 1. The summed E-state index contributed by atoms with van der Waals surface area (Å²) < 4.78 is 5.83. The van der Waals surface area contributed by atoms with Gasteiger partial charge in [-0.3, -0.25) is 0 Å². The van der Waals surface area contributed by atoms with Gasteiger partial charge in [0.15, 0.2) is 0 Å².